The summed E-state index contributed by atoms with van der Waals surface area (Å²) in [4.78, 5) is 92.7. The Morgan fingerprint density at radius 3 is 0.944 bits per heavy atom. The van der Waals surface area contributed by atoms with E-state index in [0.29, 0.717) is 104 Å². The number of carbonyl (C=O) groups is 8. The number of nitrogens with zero attached hydrogens (tertiary/aromatic N) is 1. The number of rotatable bonds is 17. The van der Waals surface area contributed by atoms with E-state index in [0.717, 1.165) is 156 Å². The maximum atomic E-state index is 11.8. The molecule has 0 N–H and O–H groups in total. The maximum Gasteiger partial charge on any atom is 0.145 e. The van der Waals surface area contributed by atoms with Crippen LogP contribution in [0.2, 0.25) is 0 Å². The topological polar surface area (TPSA) is 225 Å². The molecule has 0 bridgehead atoms. The average molecular weight is 1530 g/mol. The van der Waals surface area contributed by atoms with Gasteiger partial charge in [0.2, 0.25) is 0 Å². The number of carbonyl (C=O) groups excluding carboxylic acids is 8. The summed E-state index contributed by atoms with van der Waals surface area (Å²) in [6.45, 7) is 55.8. The Morgan fingerprint density at radius 1 is 0.346 bits per heavy atom. The molecule has 16 nitrogen and oxygen atoms in total. The zero-order valence-corrected chi connectivity index (χ0v) is 67.2. The fraction of sp³-hybridized carbons (Fsp3) is 0.901. The van der Waals surface area contributed by atoms with E-state index in [1.165, 1.54) is 6.42 Å². The first-order chi connectivity index (χ1) is 44.8. The largest absolute Gasteiger partial charge is 0.381 e. The quantitative estimate of drug-likeness (QED) is 0.132. The van der Waals surface area contributed by atoms with Crippen molar-refractivity contribution in [3.63, 3.8) is 0 Å². The average Bonchev–Trinajstić information content (AvgIpc) is 0.930. The second-order valence-corrected chi connectivity index (χ2v) is 37.5. The van der Waals surface area contributed by atoms with Gasteiger partial charge in [0.15, 0.2) is 0 Å². The molecule has 0 spiro atoms. The number of ether oxygens (including phenoxy) is 7. The highest BCUT2D eigenvalue weighted by molar-refractivity contribution is 5.88. The van der Waals surface area contributed by atoms with E-state index in [4.69, 9.17) is 38.4 Å². The van der Waals surface area contributed by atoms with Crippen LogP contribution in [-0.4, -0.2) is 138 Å². The molecule has 6 heterocycles. The van der Waals surface area contributed by atoms with Crippen molar-refractivity contribution in [1.29, 1.82) is 5.26 Å². The van der Waals surface area contributed by atoms with Crippen molar-refractivity contribution >= 4 is 46.3 Å². The molecule has 0 radical (unpaired) electrons. The summed E-state index contributed by atoms with van der Waals surface area (Å²) in [5.74, 6) is 4.75. The van der Waals surface area contributed by atoms with Crippen LogP contribution in [0.1, 0.15) is 368 Å². The van der Waals surface area contributed by atoms with Crippen LogP contribution in [0.5, 0.6) is 0 Å². The molecule has 6 saturated heterocycles. The summed E-state index contributed by atoms with van der Waals surface area (Å²) in [6.07, 6.45) is 19.6. The normalized spacial score (nSPS) is 19.4. The van der Waals surface area contributed by atoms with E-state index in [-0.39, 0.29) is 145 Å². The van der Waals surface area contributed by atoms with Crippen LogP contribution in [0.25, 0.3) is 0 Å². The lowest BCUT2D eigenvalue weighted by Gasteiger charge is -2.40. The summed E-state index contributed by atoms with van der Waals surface area (Å²) in [6, 6.07) is 2.37. The molecule has 107 heavy (non-hydrogen) atoms. The zero-order chi connectivity index (χ0) is 75.4. The third kappa shape index (κ3) is 49.6. The lowest BCUT2D eigenvalue weighted by Crippen LogP contribution is -2.40. The van der Waals surface area contributed by atoms with Crippen molar-refractivity contribution in [2.24, 2.45) is 78.3 Å². The summed E-state index contributed by atoms with van der Waals surface area (Å²) in [5, 5.41) is 8.99. The molecular formula is C91H181NO15. The van der Waals surface area contributed by atoms with Crippen LogP contribution in [-0.2, 0) is 71.5 Å². The Bertz CT molecular complexity index is 2400. The van der Waals surface area contributed by atoms with Crippen LogP contribution in [0.15, 0.2) is 0 Å². The molecule has 640 valence electrons. The first kappa shape index (κ1) is 122. The number of hydrogen-bond donors (Lipinski definition) is 0. The number of hydrogen-bond acceptors (Lipinski definition) is 16. The molecule has 2 unspecified atom stereocenters. The van der Waals surface area contributed by atoms with Gasteiger partial charge in [-0.05, 0) is 102 Å². The third-order valence-electron chi connectivity index (χ3n) is 19.9. The van der Waals surface area contributed by atoms with Gasteiger partial charge in [0.1, 0.15) is 46.3 Å². The van der Waals surface area contributed by atoms with Gasteiger partial charge in [-0.25, -0.2) is 0 Å². The van der Waals surface area contributed by atoms with Gasteiger partial charge in [-0.1, -0.05) is 239 Å². The molecule has 8 aliphatic rings. The number of methoxy groups -OCH3 is 1. The predicted molar refractivity (Wildman–Crippen MR) is 452 cm³/mol. The van der Waals surface area contributed by atoms with Gasteiger partial charge in [-0.15, -0.1) is 0 Å². The second-order valence-electron chi connectivity index (χ2n) is 37.5. The van der Waals surface area contributed by atoms with Crippen molar-refractivity contribution in [2.75, 3.05) is 79.8 Å². The summed E-state index contributed by atoms with van der Waals surface area (Å²) < 4.78 is 36.5. The highest BCUT2D eigenvalue weighted by atomic mass is 16.5. The van der Waals surface area contributed by atoms with Crippen molar-refractivity contribution in [1.82, 2.24) is 0 Å². The molecule has 0 amide bonds. The highest BCUT2D eigenvalue weighted by Gasteiger charge is 2.40. The fourth-order valence-corrected chi connectivity index (χ4v) is 11.3. The molecule has 0 aromatic carbocycles. The van der Waals surface area contributed by atoms with Gasteiger partial charge in [0, 0.05) is 147 Å². The predicted octanol–water partition coefficient (Wildman–Crippen LogP) is 23.3. The lowest BCUT2D eigenvalue weighted by molar-refractivity contribution is -0.144. The number of ketones is 8. The Hall–Kier alpha value is -3.43. The first-order valence-corrected chi connectivity index (χ1v) is 37.6. The van der Waals surface area contributed by atoms with Crippen molar-refractivity contribution in [3.05, 3.63) is 0 Å². The highest BCUT2D eigenvalue weighted by Crippen LogP contribution is 2.45. The van der Waals surface area contributed by atoms with Crippen LogP contribution < -0.4 is 0 Å². The van der Waals surface area contributed by atoms with E-state index < -0.39 is 0 Å². The van der Waals surface area contributed by atoms with Crippen LogP contribution in [0, 0.1) is 89.7 Å². The second kappa shape index (κ2) is 55.1. The van der Waals surface area contributed by atoms with Crippen molar-refractivity contribution < 1.29 is 71.5 Å². The number of nitriles is 1. The smallest absolute Gasteiger partial charge is 0.145 e. The zero-order valence-electron chi connectivity index (χ0n) is 67.2. The third-order valence-corrected chi connectivity index (χ3v) is 19.9. The molecule has 2 aliphatic carbocycles. The van der Waals surface area contributed by atoms with Crippen LogP contribution in [0.3, 0.4) is 0 Å². The van der Waals surface area contributed by atoms with E-state index in [2.05, 4.69) is 6.07 Å². The minimum absolute atomic E-state index is 0. The molecule has 8 rings (SSSR count). The van der Waals surface area contributed by atoms with Crippen molar-refractivity contribution in [2.45, 2.75) is 380 Å². The Kier molecular flexibility index (Phi) is 62.7. The summed E-state index contributed by atoms with van der Waals surface area (Å²) >= 11 is 0. The van der Waals surface area contributed by atoms with E-state index in [9.17, 15) is 38.4 Å². The SMILES string of the molecule is C.C.C.C.C.C.C.C.C.CC(C)(C)C(=O)C1CCOCC1.CC(C)(C)C(=O)C1COC1.CC(C)(C)C(=O)CC1CCCO1.CC(C)(C)C(=O)CC1CCOC1.CC(C)(C)C(=O)CC1CCOCC1.CC(C)(C)C(=O)CC1COC1.CC(C)(C)C(=O)CCC1(C#N)CCC1.COC1(CCC(=O)C(C)(C)C)CCC1. The molecule has 2 saturated carbocycles. The molecular weight excluding hydrogens is 1350 g/mol. The molecule has 6 aliphatic heterocycles. The van der Waals surface area contributed by atoms with Gasteiger partial charge in [0.25, 0.3) is 0 Å². The standard InChI is InChI=1S/C12H19NO.C12H22O2.C11H20O2.3C10H18O2.C9H16O2.C8H14O2.9CH4/c1-11(2,3)10(14)5-8-12(9-13)6-4-7-12;1-11(2,3)10(13)6-9-12(14-4)7-5-8-12;1-11(2,3)10(12)8-9-4-6-13-7-5-9;1-10(2,3)9(11)8-4-6-12-7-5-8;1-10(2,3)9(11)6-8-4-5-12-7-8;1-10(2,3)9(11)7-8-5-4-6-12-8;1-9(2,3)8(10)4-7-5-11-6-7;1-8(2,3)7(9)6-4-10-5-6;;;;;;;;;/h4-8H2,1-3H3;5-9H2,1-4H3;9H,4-8H2,1-3H3;3*8H,4-7H2,1-3H3;7H,4-6H2,1-3H3;6H,4-5H2,1-3H3;9*1H4. The minimum Gasteiger partial charge on any atom is -0.381 e. The summed E-state index contributed by atoms with van der Waals surface area (Å²) in [5.41, 5.74) is -1.64. The van der Waals surface area contributed by atoms with Gasteiger partial charge in [-0.2, -0.15) is 5.26 Å². The molecule has 8 fully saturated rings. The van der Waals surface area contributed by atoms with E-state index in [1.54, 1.807) is 7.11 Å². The van der Waals surface area contributed by atoms with E-state index in [1.807, 2.05) is 166 Å². The first-order valence-electron chi connectivity index (χ1n) is 37.6. The van der Waals surface area contributed by atoms with Gasteiger partial charge < -0.3 is 33.2 Å². The Morgan fingerprint density at radius 2 is 0.673 bits per heavy atom. The van der Waals surface area contributed by atoms with Gasteiger partial charge in [-0.3, -0.25) is 38.4 Å². The van der Waals surface area contributed by atoms with Gasteiger partial charge >= 0.3 is 0 Å². The Labute approximate surface area is 663 Å². The van der Waals surface area contributed by atoms with Crippen LogP contribution >= 0.6 is 0 Å². The fourth-order valence-electron chi connectivity index (χ4n) is 11.3. The summed E-state index contributed by atoms with van der Waals surface area (Å²) in [7, 11) is 1.76. The van der Waals surface area contributed by atoms with E-state index >= 15 is 0 Å². The minimum atomic E-state index is -0.250. The van der Waals surface area contributed by atoms with Crippen molar-refractivity contribution in [3.8, 4) is 6.07 Å². The van der Waals surface area contributed by atoms with Gasteiger partial charge in [0.05, 0.1) is 55.5 Å². The lowest BCUT2D eigenvalue weighted by atomic mass is 9.66. The maximum absolute atomic E-state index is 11.8. The Balaban J connectivity index is -0.000000145. The molecule has 2 atom stereocenters. The number of Topliss-reactive ketones (excluding diaryl/α,β-unsaturated/α-hetero) is 8. The van der Waals surface area contributed by atoms with Crippen LogP contribution in [0.4, 0.5) is 0 Å². The molecule has 0 aromatic rings. The molecule has 0 aromatic heterocycles. The monoisotopic (exact) mass is 1530 g/mol. The molecule has 16 heteroatoms.